The van der Waals surface area contributed by atoms with Gasteiger partial charge in [0.25, 0.3) is 0 Å². The first-order chi connectivity index (χ1) is 15.6. The fourth-order valence-electron chi connectivity index (χ4n) is 4.23. The molecule has 5 nitrogen and oxygen atoms in total. The second-order valence-corrected chi connectivity index (χ2v) is 8.39. The summed E-state index contributed by atoms with van der Waals surface area (Å²) in [6, 6.07) is 7.43. The molecule has 0 aromatic heterocycles. The minimum atomic E-state index is -4.53. The van der Waals surface area contributed by atoms with Crippen molar-refractivity contribution in [2.24, 2.45) is 0 Å². The number of piperidine rings is 1. The lowest BCUT2D eigenvalue weighted by atomic mass is 9.91. The van der Waals surface area contributed by atoms with E-state index in [0.29, 0.717) is 51.5 Å². The van der Waals surface area contributed by atoms with Crippen LogP contribution in [0.3, 0.4) is 0 Å². The molecule has 0 aliphatic carbocycles. The minimum Gasteiger partial charge on any atom is -0.485 e. The van der Waals surface area contributed by atoms with Gasteiger partial charge in [-0.1, -0.05) is 12.1 Å². The van der Waals surface area contributed by atoms with Crippen LogP contribution >= 0.6 is 0 Å². The second kappa shape index (κ2) is 9.17. The third-order valence-electron chi connectivity index (χ3n) is 6.04. The zero-order valence-electron chi connectivity index (χ0n) is 17.6. The first kappa shape index (κ1) is 23.3. The Bertz CT molecular complexity index is 986. The normalized spacial score (nSPS) is 19.2. The summed E-state index contributed by atoms with van der Waals surface area (Å²) in [4.78, 5) is 13.5. The molecule has 2 aliphatic heterocycles. The Balaban J connectivity index is 1.48. The zero-order valence-corrected chi connectivity index (χ0v) is 17.6. The van der Waals surface area contributed by atoms with Crippen molar-refractivity contribution in [3.63, 3.8) is 0 Å². The summed E-state index contributed by atoms with van der Waals surface area (Å²) in [6.07, 6.45) is -4.24. The summed E-state index contributed by atoms with van der Waals surface area (Å²) in [6.45, 7) is 2.22. The number of ether oxygens (including phenoxy) is 2. The van der Waals surface area contributed by atoms with Crippen LogP contribution in [0.1, 0.15) is 36.5 Å². The number of rotatable bonds is 6. The van der Waals surface area contributed by atoms with Crippen LogP contribution in [0.4, 0.5) is 26.7 Å². The largest absolute Gasteiger partial charge is 0.485 e. The van der Waals surface area contributed by atoms with E-state index in [9.17, 15) is 26.7 Å². The van der Waals surface area contributed by atoms with Crippen LogP contribution in [-0.2, 0) is 10.9 Å². The maximum atomic E-state index is 13.6. The van der Waals surface area contributed by atoms with Crippen LogP contribution in [0.5, 0.6) is 5.75 Å². The highest BCUT2D eigenvalue weighted by Gasteiger charge is 2.42. The summed E-state index contributed by atoms with van der Waals surface area (Å²) in [5.41, 5.74) is -1.07. The maximum Gasteiger partial charge on any atom is 0.416 e. The molecule has 1 atom stereocenters. The van der Waals surface area contributed by atoms with E-state index in [1.54, 1.807) is 0 Å². The maximum absolute atomic E-state index is 13.6. The average Bonchev–Trinajstić information content (AvgIpc) is 3.11. The van der Waals surface area contributed by atoms with Crippen LogP contribution in [0.2, 0.25) is 0 Å². The molecule has 2 aromatic rings. The van der Waals surface area contributed by atoms with Crippen molar-refractivity contribution in [3.8, 4) is 5.75 Å². The highest BCUT2D eigenvalue weighted by molar-refractivity contribution is 5.70. The van der Waals surface area contributed by atoms with E-state index in [1.165, 1.54) is 12.1 Å². The molecule has 0 bridgehead atoms. The van der Waals surface area contributed by atoms with Gasteiger partial charge >= 0.3 is 12.3 Å². The standard InChI is InChI=1S/C23H23F5N2O3/c24-17-11-18(25)13-19(12-17)32-20(15-2-1-3-16(10-15)23(26,27)28)4-7-30-8-5-22(6-9-30)14-29-21(31)33-22/h1-3,10-13,20H,4-9,14H2,(H,29,31). The summed E-state index contributed by atoms with van der Waals surface area (Å²) < 4.78 is 78.1. The lowest BCUT2D eigenvalue weighted by molar-refractivity contribution is -0.137. The third-order valence-corrected chi connectivity index (χ3v) is 6.04. The number of nitrogens with zero attached hydrogens (tertiary/aromatic N) is 1. The van der Waals surface area contributed by atoms with Gasteiger partial charge in [-0.3, -0.25) is 0 Å². The molecular weight excluding hydrogens is 447 g/mol. The molecule has 178 valence electrons. The van der Waals surface area contributed by atoms with E-state index in [2.05, 4.69) is 10.2 Å². The predicted octanol–water partition coefficient (Wildman–Crippen LogP) is 5.07. The van der Waals surface area contributed by atoms with E-state index >= 15 is 0 Å². The van der Waals surface area contributed by atoms with Crippen molar-refractivity contribution in [3.05, 3.63) is 65.2 Å². The van der Waals surface area contributed by atoms with Crippen molar-refractivity contribution in [2.75, 3.05) is 26.2 Å². The molecule has 2 aromatic carbocycles. The van der Waals surface area contributed by atoms with Crippen molar-refractivity contribution in [1.82, 2.24) is 10.2 Å². The number of likely N-dealkylation sites (tertiary alicyclic amines) is 1. The van der Waals surface area contributed by atoms with E-state index in [-0.39, 0.29) is 11.3 Å². The van der Waals surface area contributed by atoms with Crippen LogP contribution in [0.25, 0.3) is 0 Å². The lowest BCUT2D eigenvalue weighted by Crippen LogP contribution is -2.47. The topological polar surface area (TPSA) is 50.8 Å². The number of halogens is 5. The van der Waals surface area contributed by atoms with E-state index < -0.39 is 41.2 Å². The van der Waals surface area contributed by atoms with Crippen LogP contribution < -0.4 is 10.1 Å². The van der Waals surface area contributed by atoms with Crippen molar-refractivity contribution < 1.29 is 36.2 Å². The van der Waals surface area contributed by atoms with Gasteiger partial charge in [-0.2, -0.15) is 13.2 Å². The molecule has 1 unspecified atom stereocenters. The zero-order chi connectivity index (χ0) is 23.6. The van der Waals surface area contributed by atoms with Gasteiger partial charge in [-0.05, 0) is 17.7 Å². The molecule has 0 radical (unpaired) electrons. The molecule has 2 saturated heterocycles. The highest BCUT2D eigenvalue weighted by Crippen LogP contribution is 2.34. The predicted molar refractivity (Wildman–Crippen MR) is 109 cm³/mol. The van der Waals surface area contributed by atoms with Gasteiger partial charge in [0.1, 0.15) is 29.1 Å². The molecule has 1 N–H and O–H groups in total. The molecule has 1 amide bonds. The van der Waals surface area contributed by atoms with Gasteiger partial charge in [0.05, 0.1) is 12.1 Å². The monoisotopic (exact) mass is 470 g/mol. The Morgan fingerprint density at radius 1 is 1.09 bits per heavy atom. The van der Waals surface area contributed by atoms with E-state index in [1.807, 2.05) is 0 Å². The fraction of sp³-hybridized carbons (Fsp3) is 0.435. The van der Waals surface area contributed by atoms with Crippen molar-refractivity contribution in [1.29, 1.82) is 0 Å². The van der Waals surface area contributed by atoms with E-state index in [0.717, 1.165) is 24.3 Å². The summed E-state index contributed by atoms with van der Waals surface area (Å²) >= 11 is 0. The van der Waals surface area contributed by atoms with Crippen molar-refractivity contribution >= 4 is 6.09 Å². The number of alkyl carbamates (subject to hydrolysis) is 1. The Kier molecular flexibility index (Phi) is 6.47. The Hall–Kier alpha value is -2.88. The number of alkyl halides is 3. The number of amides is 1. The number of nitrogens with one attached hydrogen (secondary N) is 1. The lowest BCUT2D eigenvalue weighted by Gasteiger charge is -2.37. The average molecular weight is 470 g/mol. The summed E-state index contributed by atoms with van der Waals surface area (Å²) in [5, 5.41) is 2.67. The smallest absolute Gasteiger partial charge is 0.416 e. The molecule has 2 fully saturated rings. The highest BCUT2D eigenvalue weighted by atomic mass is 19.4. The van der Waals surface area contributed by atoms with Gasteiger partial charge in [-0.25, -0.2) is 13.6 Å². The third kappa shape index (κ3) is 5.73. The van der Waals surface area contributed by atoms with Gasteiger partial charge < -0.3 is 19.7 Å². The summed E-state index contributed by atoms with van der Waals surface area (Å²) in [7, 11) is 0. The van der Waals surface area contributed by atoms with Gasteiger partial charge in [0.15, 0.2) is 0 Å². The van der Waals surface area contributed by atoms with Crippen LogP contribution in [0, 0.1) is 11.6 Å². The SMILES string of the molecule is O=C1NCC2(CCN(CCC(Oc3cc(F)cc(F)c3)c3cccc(C(F)(F)F)c3)CC2)O1. The molecule has 2 aliphatic rings. The van der Waals surface area contributed by atoms with Crippen LogP contribution in [-0.4, -0.2) is 42.8 Å². The molecule has 1 spiro atoms. The minimum absolute atomic E-state index is 0.101. The van der Waals surface area contributed by atoms with Gasteiger partial charge in [-0.15, -0.1) is 0 Å². The molecule has 0 saturated carbocycles. The quantitative estimate of drug-likeness (QED) is 0.600. The Morgan fingerprint density at radius 3 is 2.39 bits per heavy atom. The number of carbonyl (C=O) groups excluding carboxylic acids is 1. The van der Waals surface area contributed by atoms with Gasteiger partial charge in [0, 0.05) is 57.1 Å². The van der Waals surface area contributed by atoms with Crippen molar-refractivity contribution in [2.45, 2.75) is 37.1 Å². The number of carbonyl (C=O) groups is 1. The molecule has 10 heteroatoms. The Morgan fingerprint density at radius 2 is 1.79 bits per heavy atom. The summed E-state index contributed by atoms with van der Waals surface area (Å²) in [5.74, 6) is -1.78. The molecular formula is C23H23F5N2O3. The Labute approximate surface area is 187 Å². The second-order valence-electron chi connectivity index (χ2n) is 8.39. The molecule has 2 heterocycles. The van der Waals surface area contributed by atoms with Crippen LogP contribution in [0.15, 0.2) is 42.5 Å². The first-order valence-electron chi connectivity index (χ1n) is 10.6. The number of benzene rings is 2. The van der Waals surface area contributed by atoms with E-state index in [4.69, 9.17) is 9.47 Å². The molecule has 33 heavy (non-hydrogen) atoms. The number of hydrogen-bond donors (Lipinski definition) is 1. The first-order valence-corrected chi connectivity index (χ1v) is 10.6. The molecule has 4 rings (SSSR count). The fourth-order valence-corrected chi connectivity index (χ4v) is 4.23. The number of hydrogen-bond acceptors (Lipinski definition) is 4. The van der Waals surface area contributed by atoms with Gasteiger partial charge in [0.2, 0.25) is 0 Å².